The van der Waals surface area contributed by atoms with Crippen LogP contribution < -0.4 is 15.9 Å². The van der Waals surface area contributed by atoms with Crippen LogP contribution in [0.5, 0.6) is 0 Å². The maximum Gasteiger partial charge on any atom is 0.328 e. The number of aromatic nitrogens is 2. The average Bonchev–Trinajstić information content (AvgIpc) is 3.30. The standard InChI is InChI=1S/C25H24N6O7S/c1-27-19-11-15(18(31(36)37)13-20(19)28(2)24(27)34)12-21-23(33)30(25(35)39-21)14-22(32)26-16-3-5-17(6-4-16)29-7-9-38-10-8-29/h3-6,11-13H,7-10,14H2,1-2H3,(H,26,32)/b21-12-. The van der Waals surface area contributed by atoms with E-state index in [-0.39, 0.29) is 21.8 Å². The molecule has 2 aromatic carbocycles. The van der Waals surface area contributed by atoms with E-state index in [1.807, 2.05) is 12.1 Å². The van der Waals surface area contributed by atoms with E-state index in [0.717, 1.165) is 23.7 Å². The van der Waals surface area contributed by atoms with E-state index in [4.69, 9.17) is 4.74 Å². The lowest BCUT2D eigenvalue weighted by Gasteiger charge is -2.28. The number of amides is 3. The Balaban J connectivity index is 1.32. The zero-order chi connectivity index (χ0) is 27.8. The first-order valence-electron chi connectivity index (χ1n) is 12.0. The number of morpholine rings is 1. The molecule has 0 aliphatic carbocycles. The minimum atomic E-state index is -0.737. The molecule has 202 valence electrons. The van der Waals surface area contributed by atoms with Crippen LogP contribution in [-0.4, -0.2) is 68.9 Å². The number of imidazole rings is 1. The summed E-state index contributed by atoms with van der Waals surface area (Å²) in [5, 5.41) is 13.7. The molecule has 0 unspecified atom stereocenters. The van der Waals surface area contributed by atoms with E-state index in [2.05, 4.69) is 10.2 Å². The van der Waals surface area contributed by atoms with Gasteiger partial charge in [-0.1, -0.05) is 0 Å². The number of anilines is 2. The summed E-state index contributed by atoms with van der Waals surface area (Å²) in [6.07, 6.45) is 1.24. The summed E-state index contributed by atoms with van der Waals surface area (Å²) in [4.78, 5) is 64.5. The molecule has 3 heterocycles. The third-order valence-corrected chi connectivity index (χ3v) is 7.51. The quantitative estimate of drug-likeness (QED) is 0.276. The molecule has 3 aromatic rings. The Morgan fingerprint density at radius 3 is 2.36 bits per heavy atom. The number of carbonyl (C=O) groups excluding carboxylic acids is 3. The number of hydrogen-bond acceptors (Lipinski definition) is 9. The number of carbonyl (C=O) groups is 3. The highest BCUT2D eigenvalue weighted by atomic mass is 32.2. The first-order chi connectivity index (χ1) is 18.6. The van der Waals surface area contributed by atoms with Crippen LogP contribution in [0, 0.1) is 10.1 Å². The number of benzene rings is 2. The van der Waals surface area contributed by atoms with E-state index in [9.17, 15) is 29.3 Å². The molecule has 14 heteroatoms. The van der Waals surface area contributed by atoms with Crippen LogP contribution in [0.2, 0.25) is 0 Å². The number of nitrogens with one attached hydrogen (secondary N) is 1. The molecule has 39 heavy (non-hydrogen) atoms. The van der Waals surface area contributed by atoms with Gasteiger partial charge in [-0.2, -0.15) is 0 Å². The minimum Gasteiger partial charge on any atom is -0.378 e. The van der Waals surface area contributed by atoms with Gasteiger partial charge >= 0.3 is 5.69 Å². The van der Waals surface area contributed by atoms with Crippen molar-refractivity contribution in [3.63, 3.8) is 0 Å². The highest BCUT2D eigenvalue weighted by Crippen LogP contribution is 2.35. The summed E-state index contributed by atoms with van der Waals surface area (Å²) in [6, 6.07) is 9.90. The largest absolute Gasteiger partial charge is 0.378 e. The first-order valence-corrected chi connectivity index (χ1v) is 12.8. The topological polar surface area (TPSA) is 149 Å². The van der Waals surface area contributed by atoms with Crippen molar-refractivity contribution in [2.75, 3.05) is 43.1 Å². The molecular formula is C25H24N6O7S. The van der Waals surface area contributed by atoms with E-state index >= 15 is 0 Å². The maximum absolute atomic E-state index is 13.0. The van der Waals surface area contributed by atoms with Gasteiger partial charge in [-0.15, -0.1) is 0 Å². The van der Waals surface area contributed by atoms with Crippen LogP contribution in [0.25, 0.3) is 17.1 Å². The van der Waals surface area contributed by atoms with Crippen molar-refractivity contribution < 1.29 is 24.0 Å². The van der Waals surface area contributed by atoms with E-state index in [1.54, 1.807) is 12.1 Å². The first kappa shape index (κ1) is 26.2. The van der Waals surface area contributed by atoms with E-state index in [0.29, 0.717) is 41.7 Å². The molecule has 0 bridgehead atoms. The SMILES string of the molecule is Cn1c(=O)n(C)c2cc([N+](=O)[O-])c(/C=C3\SC(=O)N(CC(=O)Nc4ccc(N5CCOCC5)cc4)C3=O)cc21. The third-order valence-electron chi connectivity index (χ3n) is 6.61. The lowest BCUT2D eigenvalue weighted by molar-refractivity contribution is -0.385. The van der Waals surface area contributed by atoms with Crippen molar-refractivity contribution in [1.29, 1.82) is 0 Å². The van der Waals surface area contributed by atoms with E-state index in [1.165, 1.54) is 41.4 Å². The Labute approximate surface area is 225 Å². The fourth-order valence-corrected chi connectivity index (χ4v) is 5.35. The smallest absolute Gasteiger partial charge is 0.328 e. The number of nitro benzene ring substituents is 1. The van der Waals surface area contributed by atoms with Gasteiger partial charge in [0.05, 0.1) is 39.6 Å². The van der Waals surface area contributed by atoms with Crippen molar-refractivity contribution in [3.8, 4) is 0 Å². The summed E-state index contributed by atoms with van der Waals surface area (Å²) in [5.41, 5.74) is 1.66. The molecule has 2 aliphatic heterocycles. The Hall–Kier alpha value is -4.43. The van der Waals surface area contributed by atoms with Crippen LogP contribution in [0.1, 0.15) is 5.56 Å². The van der Waals surface area contributed by atoms with Crippen molar-refractivity contribution in [3.05, 3.63) is 67.5 Å². The second kappa shape index (κ2) is 10.4. The molecule has 0 saturated carbocycles. The van der Waals surface area contributed by atoms with Gasteiger partial charge in [0.2, 0.25) is 5.91 Å². The summed E-state index contributed by atoms with van der Waals surface area (Å²) < 4.78 is 7.97. The van der Waals surface area contributed by atoms with Gasteiger partial charge in [0.25, 0.3) is 16.8 Å². The van der Waals surface area contributed by atoms with Gasteiger partial charge in [-0.05, 0) is 48.2 Å². The molecule has 1 aromatic heterocycles. The molecule has 2 aliphatic rings. The average molecular weight is 553 g/mol. The summed E-state index contributed by atoms with van der Waals surface area (Å²) in [5.74, 6) is -1.30. The molecule has 13 nitrogen and oxygen atoms in total. The number of ether oxygens (including phenoxy) is 1. The monoisotopic (exact) mass is 552 g/mol. The number of aryl methyl sites for hydroxylation is 2. The second-order valence-corrected chi connectivity index (χ2v) is 10.0. The minimum absolute atomic E-state index is 0.0593. The second-order valence-electron chi connectivity index (χ2n) is 9.02. The van der Waals surface area contributed by atoms with Crippen LogP contribution in [0.4, 0.5) is 21.9 Å². The molecule has 0 spiro atoms. The number of rotatable bonds is 6. The number of thioether (sulfide) groups is 1. The molecule has 1 N–H and O–H groups in total. The van der Waals surface area contributed by atoms with Gasteiger partial charge in [-0.25, -0.2) is 4.79 Å². The Morgan fingerprint density at radius 1 is 1.08 bits per heavy atom. The van der Waals surface area contributed by atoms with E-state index < -0.39 is 28.5 Å². The third kappa shape index (κ3) is 5.03. The Kier molecular flexibility index (Phi) is 6.97. The number of fused-ring (bicyclic) bond motifs is 1. The van der Waals surface area contributed by atoms with Gasteiger partial charge < -0.3 is 15.0 Å². The highest BCUT2D eigenvalue weighted by Gasteiger charge is 2.37. The van der Waals surface area contributed by atoms with Crippen molar-refractivity contribution in [2.45, 2.75) is 0 Å². The molecule has 0 atom stereocenters. The van der Waals surface area contributed by atoms with Crippen LogP contribution in [0.15, 0.2) is 46.1 Å². The van der Waals surface area contributed by atoms with Gasteiger partial charge in [0.1, 0.15) is 6.54 Å². The van der Waals surface area contributed by atoms with Gasteiger partial charge in [0, 0.05) is 44.6 Å². The Bertz CT molecular complexity index is 1600. The molecule has 3 amide bonds. The summed E-state index contributed by atoms with van der Waals surface area (Å²) in [7, 11) is 3.03. The Morgan fingerprint density at radius 2 is 1.72 bits per heavy atom. The van der Waals surface area contributed by atoms with Gasteiger partial charge in [-0.3, -0.25) is 38.5 Å². The van der Waals surface area contributed by atoms with Gasteiger partial charge in [0.15, 0.2) is 0 Å². The molecule has 2 fully saturated rings. The molecule has 2 saturated heterocycles. The highest BCUT2D eigenvalue weighted by molar-refractivity contribution is 8.18. The predicted octanol–water partition coefficient (Wildman–Crippen LogP) is 2.30. The normalized spacial score (nSPS) is 16.9. The fraction of sp³-hybridized carbons (Fsp3) is 0.280. The molecule has 5 rings (SSSR count). The van der Waals surface area contributed by atoms with Crippen LogP contribution in [0.3, 0.4) is 0 Å². The predicted molar refractivity (Wildman–Crippen MR) is 146 cm³/mol. The van der Waals surface area contributed by atoms with Crippen molar-refractivity contribution in [2.24, 2.45) is 14.1 Å². The lowest BCUT2D eigenvalue weighted by Crippen LogP contribution is -2.36. The summed E-state index contributed by atoms with van der Waals surface area (Å²) in [6.45, 7) is 2.34. The number of hydrogen-bond donors (Lipinski definition) is 1. The maximum atomic E-state index is 13.0. The van der Waals surface area contributed by atoms with Crippen LogP contribution in [-0.2, 0) is 28.4 Å². The van der Waals surface area contributed by atoms with Crippen LogP contribution >= 0.6 is 11.8 Å². The summed E-state index contributed by atoms with van der Waals surface area (Å²) >= 11 is 0.588. The zero-order valence-corrected chi connectivity index (χ0v) is 21.9. The van der Waals surface area contributed by atoms with Crippen molar-refractivity contribution in [1.82, 2.24) is 14.0 Å². The lowest BCUT2D eigenvalue weighted by atomic mass is 10.1. The number of imide groups is 1. The molecule has 0 radical (unpaired) electrons. The zero-order valence-electron chi connectivity index (χ0n) is 21.1. The number of nitro groups is 1. The fourth-order valence-electron chi connectivity index (χ4n) is 4.52. The molecular weight excluding hydrogens is 528 g/mol. The van der Waals surface area contributed by atoms with Crippen molar-refractivity contribution >= 4 is 63.0 Å². The number of nitrogens with zero attached hydrogens (tertiary/aromatic N) is 5.